The summed E-state index contributed by atoms with van der Waals surface area (Å²) in [5, 5.41) is 16.3. The fraction of sp³-hybridized carbons (Fsp3) is 0.526. The highest BCUT2D eigenvalue weighted by Gasteiger charge is 2.42. The van der Waals surface area contributed by atoms with Crippen molar-refractivity contribution in [3.05, 3.63) is 35.7 Å². The van der Waals surface area contributed by atoms with Gasteiger partial charge >= 0.3 is 0 Å². The molecule has 1 aliphatic rings. The number of benzene rings is 1. The second-order valence-electron chi connectivity index (χ2n) is 8.17. The van der Waals surface area contributed by atoms with Crippen molar-refractivity contribution in [2.45, 2.75) is 40.0 Å². The summed E-state index contributed by atoms with van der Waals surface area (Å²) in [6.45, 7) is 6.96. The van der Waals surface area contributed by atoms with E-state index in [1.54, 1.807) is 12.1 Å². The third-order valence-corrected chi connectivity index (χ3v) is 4.45. The monoisotopic (exact) mass is 343 g/mol. The van der Waals surface area contributed by atoms with E-state index in [1.165, 1.54) is 0 Å². The molecule has 0 bridgehead atoms. The summed E-state index contributed by atoms with van der Waals surface area (Å²) >= 11 is 0. The SMILES string of the molecule is CC(C)(C)Cc1nc(-c2cccc(C(=O)NCC3(CO)CC3)c2)no1. The number of aliphatic hydroxyl groups excluding tert-OH is 1. The molecule has 1 heterocycles. The molecule has 0 aliphatic heterocycles. The molecule has 2 N–H and O–H groups in total. The fourth-order valence-corrected chi connectivity index (χ4v) is 2.63. The van der Waals surface area contributed by atoms with Gasteiger partial charge in [-0.25, -0.2) is 0 Å². The number of nitrogens with zero attached hydrogens (tertiary/aromatic N) is 2. The number of aromatic nitrogens is 2. The van der Waals surface area contributed by atoms with Gasteiger partial charge in [0.25, 0.3) is 5.91 Å². The number of rotatable bonds is 6. The number of carbonyl (C=O) groups excluding carboxylic acids is 1. The summed E-state index contributed by atoms with van der Waals surface area (Å²) in [6.07, 6.45) is 2.62. The van der Waals surface area contributed by atoms with Crippen LogP contribution in [-0.4, -0.2) is 34.3 Å². The standard InChI is InChI=1S/C19H25N3O3/c1-18(2,3)10-15-21-16(22-25-15)13-5-4-6-14(9-13)17(24)20-11-19(12-23)7-8-19/h4-6,9,23H,7-8,10-12H2,1-3H3,(H,20,24). The zero-order chi connectivity index (χ0) is 18.1. The molecule has 1 saturated carbocycles. The number of nitrogens with one attached hydrogen (secondary N) is 1. The predicted octanol–water partition coefficient (Wildman–Crippen LogP) is 2.83. The van der Waals surface area contributed by atoms with Crippen LogP contribution >= 0.6 is 0 Å². The third-order valence-electron chi connectivity index (χ3n) is 4.45. The van der Waals surface area contributed by atoms with Crippen molar-refractivity contribution in [2.24, 2.45) is 10.8 Å². The first-order valence-electron chi connectivity index (χ1n) is 8.62. The van der Waals surface area contributed by atoms with Crippen LogP contribution in [0.5, 0.6) is 0 Å². The molecule has 3 rings (SSSR count). The van der Waals surface area contributed by atoms with Crippen molar-refractivity contribution in [3.63, 3.8) is 0 Å². The fourth-order valence-electron chi connectivity index (χ4n) is 2.63. The molecule has 6 nitrogen and oxygen atoms in total. The lowest BCUT2D eigenvalue weighted by Crippen LogP contribution is -2.31. The predicted molar refractivity (Wildman–Crippen MR) is 94.0 cm³/mol. The molecular weight excluding hydrogens is 318 g/mol. The Morgan fingerprint density at radius 1 is 1.36 bits per heavy atom. The minimum Gasteiger partial charge on any atom is -0.396 e. The Kier molecular flexibility index (Phi) is 4.64. The average molecular weight is 343 g/mol. The lowest BCUT2D eigenvalue weighted by molar-refractivity contribution is 0.0935. The van der Waals surface area contributed by atoms with Crippen molar-refractivity contribution in [2.75, 3.05) is 13.2 Å². The molecule has 0 spiro atoms. The first kappa shape index (κ1) is 17.6. The van der Waals surface area contributed by atoms with Crippen molar-refractivity contribution in [1.82, 2.24) is 15.5 Å². The van der Waals surface area contributed by atoms with Crippen LogP contribution in [0.2, 0.25) is 0 Å². The number of carbonyl (C=O) groups is 1. The van der Waals surface area contributed by atoms with E-state index in [4.69, 9.17) is 4.52 Å². The van der Waals surface area contributed by atoms with Gasteiger partial charge in [0.1, 0.15) is 0 Å². The molecular formula is C19H25N3O3. The van der Waals surface area contributed by atoms with Crippen LogP contribution in [-0.2, 0) is 6.42 Å². The molecule has 0 saturated heterocycles. The van der Waals surface area contributed by atoms with E-state index in [2.05, 4.69) is 36.2 Å². The Bertz CT molecular complexity index is 757. The van der Waals surface area contributed by atoms with Crippen LogP contribution in [0.25, 0.3) is 11.4 Å². The van der Waals surface area contributed by atoms with Gasteiger partial charge in [-0.05, 0) is 30.4 Å². The average Bonchev–Trinajstić information content (AvgIpc) is 3.22. The Hall–Kier alpha value is -2.21. The van der Waals surface area contributed by atoms with E-state index in [0.29, 0.717) is 30.2 Å². The van der Waals surface area contributed by atoms with Crippen LogP contribution in [0.15, 0.2) is 28.8 Å². The molecule has 0 radical (unpaired) electrons. The Labute approximate surface area is 147 Å². The zero-order valence-corrected chi connectivity index (χ0v) is 15.0. The minimum atomic E-state index is -0.153. The van der Waals surface area contributed by atoms with E-state index in [0.717, 1.165) is 18.4 Å². The largest absolute Gasteiger partial charge is 0.396 e. The quantitative estimate of drug-likeness (QED) is 0.842. The van der Waals surface area contributed by atoms with E-state index in [1.807, 2.05) is 12.1 Å². The van der Waals surface area contributed by atoms with Gasteiger partial charge in [-0.3, -0.25) is 4.79 Å². The van der Waals surface area contributed by atoms with Crippen LogP contribution in [0, 0.1) is 10.8 Å². The van der Waals surface area contributed by atoms with Gasteiger partial charge in [-0.1, -0.05) is 38.1 Å². The highest BCUT2D eigenvalue weighted by atomic mass is 16.5. The van der Waals surface area contributed by atoms with Crippen LogP contribution in [0.3, 0.4) is 0 Å². The molecule has 134 valence electrons. The second kappa shape index (κ2) is 6.59. The number of aliphatic hydroxyl groups is 1. The molecule has 2 aromatic rings. The summed E-state index contributed by atoms with van der Waals surface area (Å²) in [5.74, 6) is 0.930. The molecule has 1 aliphatic carbocycles. The second-order valence-corrected chi connectivity index (χ2v) is 8.17. The van der Waals surface area contributed by atoms with E-state index >= 15 is 0 Å². The summed E-state index contributed by atoms with van der Waals surface area (Å²) in [7, 11) is 0. The smallest absolute Gasteiger partial charge is 0.251 e. The lowest BCUT2D eigenvalue weighted by Gasteiger charge is -2.13. The van der Waals surface area contributed by atoms with Gasteiger partial charge in [-0.2, -0.15) is 4.98 Å². The maximum absolute atomic E-state index is 12.4. The Morgan fingerprint density at radius 3 is 2.76 bits per heavy atom. The molecule has 1 fully saturated rings. The highest BCUT2D eigenvalue weighted by Crippen LogP contribution is 2.44. The topological polar surface area (TPSA) is 88.2 Å². The maximum atomic E-state index is 12.4. The summed E-state index contributed by atoms with van der Waals surface area (Å²) < 4.78 is 5.32. The van der Waals surface area contributed by atoms with Crippen LogP contribution in [0.4, 0.5) is 0 Å². The molecule has 25 heavy (non-hydrogen) atoms. The minimum absolute atomic E-state index is 0.0665. The molecule has 0 unspecified atom stereocenters. The molecule has 0 atom stereocenters. The molecule has 6 heteroatoms. The van der Waals surface area contributed by atoms with Crippen molar-refractivity contribution >= 4 is 5.91 Å². The van der Waals surface area contributed by atoms with E-state index in [-0.39, 0.29) is 23.3 Å². The first-order chi connectivity index (χ1) is 11.8. The summed E-state index contributed by atoms with van der Waals surface area (Å²) in [6, 6.07) is 7.19. The van der Waals surface area contributed by atoms with Gasteiger partial charge in [0, 0.05) is 29.5 Å². The molecule has 1 amide bonds. The number of amides is 1. The van der Waals surface area contributed by atoms with E-state index in [9.17, 15) is 9.90 Å². The third kappa shape index (κ3) is 4.45. The van der Waals surface area contributed by atoms with E-state index < -0.39 is 0 Å². The maximum Gasteiger partial charge on any atom is 0.251 e. The van der Waals surface area contributed by atoms with Gasteiger partial charge < -0.3 is 14.9 Å². The van der Waals surface area contributed by atoms with Gasteiger partial charge in [0.05, 0.1) is 6.61 Å². The first-order valence-corrected chi connectivity index (χ1v) is 8.62. The zero-order valence-electron chi connectivity index (χ0n) is 15.0. The van der Waals surface area contributed by atoms with Crippen LogP contribution < -0.4 is 5.32 Å². The lowest BCUT2D eigenvalue weighted by atomic mass is 9.92. The van der Waals surface area contributed by atoms with Gasteiger partial charge in [-0.15, -0.1) is 0 Å². The van der Waals surface area contributed by atoms with Crippen molar-refractivity contribution in [1.29, 1.82) is 0 Å². The summed E-state index contributed by atoms with van der Waals surface area (Å²) in [5.41, 5.74) is 1.26. The number of hydrogen-bond acceptors (Lipinski definition) is 5. The highest BCUT2D eigenvalue weighted by molar-refractivity contribution is 5.95. The Morgan fingerprint density at radius 2 is 2.12 bits per heavy atom. The normalized spacial score (nSPS) is 15.8. The molecule has 1 aromatic heterocycles. The number of hydrogen-bond donors (Lipinski definition) is 2. The molecule has 1 aromatic carbocycles. The van der Waals surface area contributed by atoms with Crippen molar-refractivity contribution < 1.29 is 14.4 Å². The Balaban J connectivity index is 1.70. The van der Waals surface area contributed by atoms with Crippen LogP contribution in [0.1, 0.15) is 49.9 Å². The van der Waals surface area contributed by atoms with Gasteiger partial charge in [0.15, 0.2) is 0 Å². The summed E-state index contributed by atoms with van der Waals surface area (Å²) in [4.78, 5) is 16.8. The van der Waals surface area contributed by atoms with Gasteiger partial charge in [0.2, 0.25) is 11.7 Å². The van der Waals surface area contributed by atoms with Crippen molar-refractivity contribution in [3.8, 4) is 11.4 Å².